The van der Waals surface area contributed by atoms with Crippen molar-refractivity contribution in [2.24, 2.45) is 0 Å². The van der Waals surface area contributed by atoms with E-state index in [9.17, 15) is 0 Å². The predicted molar refractivity (Wildman–Crippen MR) is 373 cm³/mol. The van der Waals surface area contributed by atoms with Crippen LogP contribution in [0.5, 0.6) is 0 Å². The molecule has 0 radical (unpaired) electrons. The molecule has 0 N–H and O–H groups in total. The minimum atomic E-state index is 0. The maximum atomic E-state index is 6.52. The number of pyridine rings is 2. The molecule has 6 heterocycles. The fourth-order valence-electron chi connectivity index (χ4n) is 13.3. The Kier molecular flexibility index (Phi) is 15.2. The van der Waals surface area contributed by atoms with Crippen LogP contribution in [0.1, 0.15) is 61.8 Å². The van der Waals surface area contributed by atoms with Crippen LogP contribution >= 0.6 is 0 Å². The Bertz CT molecular complexity index is 5550. The number of benzene rings is 11. The third-order valence-electron chi connectivity index (χ3n) is 17.6. The molecule has 442 valence electrons. The van der Waals surface area contributed by atoms with Crippen LogP contribution < -0.4 is 0 Å². The third-order valence-corrected chi connectivity index (χ3v) is 17.6. The first kappa shape index (κ1) is 57.7. The molecule has 0 atom stereocenters. The summed E-state index contributed by atoms with van der Waals surface area (Å²) in [7, 11) is 0. The molecule has 7 nitrogen and oxygen atoms in total. The van der Waals surface area contributed by atoms with E-state index in [0.29, 0.717) is 0 Å². The molecule has 0 bridgehead atoms. The van der Waals surface area contributed by atoms with E-state index in [-0.39, 0.29) is 31.9 Å². The fraction of sp³-hybridized carbons (Fsp3) is 0.0833. The van der Waals surface area contributed by atoms with Gasteiger partial charge in [0.2, 0.25) is 0 Å². The van der Waals surface area contributed by atoms with Gasteiger partial charge in [-0.05, 0) is 160 Å². The van der Waals surface area contributed by atoms with E-state index in [4.69, 9.17) is 13.8 Å². The summed E-state index contributed by atoms with van der Waals surface area (Å²) in [6.07, 6.45) is 4.54. The van der Waals surface area contributed by atoms with Crippen LogP contribution in [0.2, 0.25) is 0 Å². The van der Waals surface area contributed by atoms with E-state index in [1.165, 1.54) is 60.9 Å². The number of rotatable bonds is 11. The second-order valence-electron chi connectivity index (χ2n) is 24.0. The summed E-state index contributed by atoms with van der Waals surface area (Å²) in [5.41, 5.74) is 24.5. The van der Waals surface area contributed by atoms with Crippen LogP contribution in [-0.2, 0) is 26.5 Å². The molecule has 92 heavy (non-hydrogen) atoms. The van der Waals surface area contributed by atoms with Crippen LogP contribution in [0.4, 0.5) is 0 Å². The minimum Gasteiger partial charge on any atom is -0.501 e. The molecule has 0 amide bonds. The van der Waals surface area contributed by atoms with Gasteiger partial charge in [0.15, 0.2) is 0 Å². The van der Waals surface area contributed by atoms with Crippen molar-refractivity contribution in [2.45, 2.75) is 46.0 Å². The largest absolute Gasteiger partial charge is 3.00 e. The zero-order valence-electron chi connectivity index (χ0n) is 51.2. The van der Waals surface area contributed by atoms with Crippen molar-refractivity contribution in [2.75, 3.05) is 0 Å². The summed E-state index contributed by atoms with van der Waals surface area (Å²) in [5.74, 6) is 1.32. The zero-order valence-corrected chi connectivity index (χ0v) is 53.5. The summed E-state index contributed by atoms with van der Waals surface area (Å²) >= 11 is 0. The molecule has 6 aromatic heterocycles. The van der Waals surface area contributed by atoms with Crippen LogP contribution in [0.25, 0.3) is 144 Å². The molecule has 0 aliphatic rings. The van der Waals surface area contributed by atoms with E-state index >= 15 is 0 Å². The number of imidazole rings is 1. The average molecular weight is 1360 g/mol. The van der Waals surface area contributed by atoms with E-state index in [1.807, 2.05) is 85.2 Å². The van der Waals surface area contributed by atoms with Gasteiger partial charge < -0.3 is 27.9 Å². The Morgan fingerprint density at radius 1 is 0.424 bits per heavy atom. The van der Waals surface area contributed by atoms with Gasteiger partial charge in [-0.2, -0.15) is 0 Å². The van der Waals surface area contributed by atoms with Gasteiger partial charge in [0.05, 0.1) is 33.5 Å². The number of nitrogens with zero attached hydrogens (tertiary/aromatic N) is 5. The molecule has 11 aromatic carbocycles. The van der Waals surface area contributed by atoms with Crippen molar-refractivity contribution >= 4 is 76.7 Å². The standard InChI is InChI=1S/C43H33N2O2.C41H27N3.Ir/c1-25(2)34-22-28(27-20-21-31-29-12-5-9-18-38(29)46-40(31)24-27)23-35(26(3)4)41(34)45-37-17-8-7-16-36(37)44-43(45)33-15-11-14-32-30-13-6-10-19-39(30)47-42(32)33;1-3-12-31(13-4-1)38-28-32(22-24-43-38)35-17-10-19-40-41(35)36-27-30(20-21-39(36)44(40)34-15-5-2-6-16-34)25-29-11-9-14-33(26-29)37-18-7-8-23-42-37;/h5-14,16-26H,1-4H3;1-12,15-24,26-28H,25H2;/q-1;-2;+3. The molecule has 0 fully saturated rings. The summed E-state index contributed by atoms with van der Waals surface area (Å²) in [5, 5.41) is 6.91. The molecule has 0 spiro atoms. The van der Waals surface area contributed by atoms with Crippen LogP contribution in [0.15, 0.2) is 276 Å². The molecule has 8 heteroatoms. The zero-order chi connectivity index (χ0) is 61.1. The Balaban J connectivity index is 0.000000151. The minimum absolute atomic E-state index is 0. The number of aromatic nitrogens is 5. The molecular weight excluding hydrogens is 1300 g/mol. The molecule has 0 saturated heterocycles. The molecule has 0 aliphatic carbocycles. The summed E-state index contributed by atoms with van der Waals surface area (Å²) in [4.78, 5) is 14.5. The first-order chi connectivity index (χ1) is 44.8. The van der Waals surface area contributed by atoms with Gasteiger partial charge >= 0.3 is 20.1 Å². The second-order valence-corrected chi connectivity index (χ2v) is 24.0. The van der Waals surface area contributed by atoms with Gasteiger partial charge in [-0.25, -0.2) is 0 Å². The Labute approximate surface area is 547 Å². The number of hydrogen-bond acceptors (Lipinski definition) is 5. The smallest absolute Gasteiger partial charge is 0.501 e. The van der Waals surface area contributed by atoms with E-state index in [2.05, 4.69) is 247 Å². The second kappa shape index (κ2) is 24.2. The maximum absolute atomic E-state index is 6.52. The molecule has 0 aliphatic heterocycles. The van der Waals surface area contributed by atoms with E-state index in [1.54, 1.807) is 0 Å². The van der Waals surface area contributed by atoms with Gasteiger partial charge in [-0.15, -0.1) is 89.5 Å². The summed E-state index contributed by atoms with van der Waals surface area (Å²) < 4.78 is 17.5. The predicted octanol–water partition coefficient (Wildman–Crippen LogP) is 22.0. The number of furan rings is 2. The fourth-order valence-corrected chi connectivity index (χ4v) is 13.3. The number of hydrogen-bond donors (Lipinski definition) is 0. The SMILES string of the molecule is CC(C)c1cc(-c2ccc3c(c2)oc2ccccc23)cc(C(C)C)c1-n1c(-c2[c-]ccc3c2oc2ccccc23)nc2ccccc21.[Ir+3].[c-]1ccccc1-c1cc(-c2cccc3c2c2cc(Cc4cc[c-]c(-c5ccccn5)c4)ccc2n3-c2ccccc2)ccn1. The topological polar surface area (TPSA) is 74.8 Å². The van der Waals surface area contributed by atoms with Crippen molar-refractivity contribution in [3.8, 4) is 67.5 Å². The van der Waals surface area contributed by atoms with Crippen molar-refractivity contribution in [3.63, 3.8) is 0 Å². The molecular formula is C84H60IrN5O2. The van der Waals surface area contributed by atoms with Crippen LogP contribution in [0.3, 0.4) is 0 Å². The number of fused-ring (bicyclic) bond motifs is 10. The van der Waals surface area contributed by atoms with Crippen molar-refractivity contribution in [3.05, 3.63) is 308 Å². The molecule has 17 rings (SSSR count). The summed E-state index contributed by atoms with van der Waals surface area (Å²) in [6.45, 7) is 9.11. The molecule has 0 unspecified atom stereocenters. The molecule has 17 aromatic rings. The van der Waals surface area contributed by atoms with E-state index < -0.39 is 0 Å². The van der Waals surface area contributed by atoms with Crippen molar-refractivity contribution in [1.82, 2.24) is 24.1 Å². The van der Waals surface area contributed by atoms with Crippen LogP contribution in [0, 0.1) is 18.2 Å². The maximum Gasteiger partial charge on any atom is 3.00 e. The van der Waals surface area contributed by atoms with Gasteiger partial charge in [-0.1, -0.05) is 148 Å². The van der Waals surface area contributed by atoms with Crippen LogP contribution in [-0.4, -0.2) is 24.1 Å². The van der Waals surface area contributed by atoms with E-state index in [0.717, 1.165) is 112 Å². The van der Waals surface area contributed by atoms with Gasteiger partial charge in [-0.3, -0.25) is 4.98 Å². The Hall–Kier alpha value is -10.8. The Morgan fingerprint density at radius 2 is 1.12 bits per heavy atom. The third kappa shape index (κ3) is 10.4. The Morgan fingerprint density at radius 3 is 1.91 bits per heavy atom. The van der Waals surface area contributed by atoms with Gasteiger partial charge in [0, 0.05) is 50.7 Å². The quantitative estimate of drug-likeness (QED) is 0.121. The first-order valence-electron chi connectivity index (χ1n) is 31.1. The first-order valence-corrected chi connectivity index (χ1v) is 31.1. The van der Waals surface area contributed by atoms with Crippen molar-refractivity contribution in [1.29, 1.82) is 0 Å². The average Bonchev–Trinajstić information content (AvgIpc) is 1.54. The monoisotopic (exact) mass is 1360 g/mol. The summed E-state index contributed by atoms with van der Waals surface area (Å²) in [6, 6.07) is 99.2. The van der Waals surface area contributed by atoms with Crippen molar-refractivity contribution < 1.29 is 28.9 Å². The molecule has 0 saturated carbocycles. The van der Waals surface area contributed by atoms with Gasteiger partial charge in [0.1, 0.15) is 16.7 Å². The normalized spacial score (nSPS) is 11.6. The van der Waals surface area contributed by atoms with Gasteiger partial charge in [0.25, 0.3) is 0 Å². The number of para-hydroxylation sites is 5.